The van der Waals surface area contributed by atoms with Crippen molar-refractivity contribution in [2.75, 3.05) is 0 Å². The maximum atomic E-state index is 11.3. The van der Waals surface area contributed by atoms with E-state index < -0.39 is 5.60 Å². The van der Waals surface area contributed by atoms with Gasteiger partial charge in [-0.2, -0.15) is 0 Å². The fraction of sp³-hybridized carbons (Fsp3) is 0.765. The molecular weight excluding hydrogens is 220 g/mol. The minimum absolute atomic E-state index is 0.327. The normalized spacial score (nSPS) is 36.7. The molecule has 0 radical (unpaired) electrons. The van der Waals surface area contributed by atoms with Gasteiger partial charge in [-0.15, -0.1) is 13.2 Å². The molecular formula is C17H30O. The summed E-state index contributed by atoms with van der Waals surface area (Å²) >= 11 is 0. The first-order valence-electron chi connectivity index (χ1n) is 7.30. The molecule has 4 unspecified atom stereocenters. The Morgan fingerprint density at radius 3 is 2.50 bits per heavy atom. The molecule has 0 aromatic carbocycles. The molecule has 1 rings (SSSR count). The summed E-state index contributed by atoms with van der Waals surface area (Å²) in [5.41, 5.74) is 0.498. The van der Waals surface area contributed by atoms with Gasteiger partial charge in [-0.1, -0.05) is 32.4 Å². The van der Waals surface area contributed by atoms with Gasteiger partial charge in [0.2, 0.25) is 0 Å². The summed E-state index contributed by atoms with van der Waals surface area (Å²) in [7, 11) is 0. The van der Waals surface area contributed by atoms with Crippen LogP contribution in [0.3, 0.4) is 0 Å². The van der Waals surface area contributed by atoms with Crippen LogP contribution >= 0.6 is 0 Å². The molecule has 1 nitrogen and oxygen atoms in total. The van der Waals surface area contributed by atoms with Crippen molar-refractivity contribution in [2.24, 2.45) is 23.7 Å². The summed E-state index contributed by atoms with van der Waals surface area (Å²) in [6.45, 7) is 16.7. The average molecular weight is 250 g/mol. The highest BCUT2D eigenvalue weighted by atomic mass is 16.3. The van der Waals surface area contributed by atoms with Crippen LogP contribution in [0.25, 0.3) is 0 Å². The Kier molecular flexibility index (Phi) is 5.21. The molecule has 4 atom stereocenters. The zero-order valence-corrected chi connectivity index (χ0v) is 12.6. The molecule has 1 heteroatoms. The maximum Gasteiger partial charge on any atom is 0.0748 e. The maximum absolute atomic E-state index is 11.3. The Morgan fingerprint density at radius 2 is 2.06 bits per heavy atom. The Bertz CT molecular complexity index is 305. The van der Waals surface area contributed by atoms with E-state index in [2.05, 4.69) is 33.9 Å². The van der Waals surface area contributed by atoms with E-state index in [1.807, 2.05) is 13.0 Å². The largest absolute Gasteiger partial charge is 0.389 e. The van der Waals surface area contributed by atoms with E-state index in [1.165, 1.54) is 6.42 Å². The second-order valence-electron chi connectivity index (χ2n) is 6.66. The van der Waals surface area contributed by atoms with Crippen LogP contribution in [0.15, 0.2) is 24.8 Å². The van der Waals surface area contributed by atoms with Crippen LogP contribution in [-0.4, -0.2) is 10.7 Å². The zero-order valence-electron chi connectivity index (χ0n) is 12.6. The van der Waals surface area contributed by atoms with Gasteiger partial charge in [-0.25, -0.2) is 0 Å². The van der Waals surface area contributed by atoms with Crippen LogP contribution in [-0.2, 0) is 0 Å². The summed E-state index contributed by atoms with van der Waals surface area (Å²) in [6, 6.07) is 0. The van der Waals surface area contributed by atoms with E-state index in [9.17, 15) is 5.11 Å². The first-order chi connectivity index (χ1) is 8.32. The lowest BCUT2D eigenvalue weighted by molar-refractivity contribution is -0.126. The van der Waals surface area contributed by atoms with E-state index in [0.29, 0.717) is 23.7 Å². The van der Waals surface area contributed by atoms with Gasteiger partial charge in [0.1, 0.15) is 0 Å². The minimum Gasteiger partial charge on any atom is -0.389 e. The Balaban J connectivity index is 3.08. The molecule has 0 amide bonds. The molecule has 0 aliphatic heterocycles. The lowest BCUT2D eigenvalue weighted by atomic mass is 9.58. The van der Waals surface area contributed by atoms with Crippen molar-refractivity contribution in [2.45, 2.75) is 59.0 Å². The van der Waals surface area contributed by atoms with Crippen LogP contribution in [0, 0.1) is 23.7 Å². The van der Waals surface area contributed by atoms with Crippen molar-refractivity contribution < 1.29 is 5.11 Å². The van der Waals surface area contributed by atoms with Gasteiger partial charge < -0.3 is 5.11 Å². The molecule has 0 saturated heterocycles. The lowest BCUT2D eigenvalue weighted by Crippen LogP contribution is -2.52. The van der Waals surface area contributed by atoms with E-state index >= 15 is 0 Å². The topological polar surface area (TPSA) is 20.2 Å². The molecule has 1 aliphatic rings. The predicted octanol–water partition coefficient (Wildman–Crippen LogP) is 4.58. The molecule has 18 heavy (non-hydrogen) atoms. The van der Waals surface area contributed by atoms with E-state index in [-0.39, 0.29) is 0 Å². The second-order valence-corrected chi connectivity index (χ2v) is 6.66. The van der Waals surface area contributed by atoms with Crippen molar-refractivity contribution in [3.8, 4) is 0 Å². The van der Waals surface area contributed by atoms with Crippen LogP contribution in [0.5, 0.6) is 0 Å². The van der Waals surface area contributed by atoms with E-state index in [4.69, 9.17) is 0 Å². The van der Waals surface area contributed by atoms with Gasteiger partial charge >= 0.3 is 0 Å². The van der Waals surface area contributed by atoms with Crippen molar-refractivity contribution in [1.29, 1.82) is 0 Å². The van der Waals surface area contributed by atoms with Gasteiger partial charge in [0.25, 0.3) is 0 Å². The summed E-state index contributed by atoms with van der Waals surface area (Å²) < 4.78 is 0. The van der Waals surface area contributed by atoms with Gasteiger partial charge in [0, 0.05) is 0 Å². The molecule has 0 bridgehead atoms. The van der Waals surface area contributed by atoms with Crippen LogP contribution < -0.4 is 0 Å². The molecule has 1 saturated carbocycles. The number of aliphatic hydroxyl groups is 1. The first kappa shape index (κ1) is 15.5. The summed E-state index contributed by atoms with van der Waals surface area (Å²) in [6.07, 6.45) is 5.97. The molecule has 0 aromatic rings. The van der Waals surface area contributed by atoms with Crippen LogP contribution in [0.4, 0.5) is 0 Å². The fourth-order valence-electron chi connectivity index (χ4n) is 3.93. The van der Waals surface area contributed by atoms with Gasteiger partial charge in [0.15, 0.2) is 0 Å². The molecule has 1 fully saturated rings. The average Bonchev–Trinajstić information content (AvgIpc) is 2.22. The van der Waals surface area contributed by atoms with Crippen LogP contribution in [0.1, 0.15) is 53.4 Å². The number of hydrogen-bond donors (Lipinski definition) is 1. The molecule has 0 aromatic heterocycles. The molecule has 104 valence electrons. The SMILES string of the molecule is C=CCC1C(C)CCC(C(C)C)C1(O)CC(=C)C. The Morgan fingerprint density at radius 1 is 1.44 bits per heavy atom. The monoisotopic (exact) mass is 250 g/mol. The van der Waals surface area contributed by atoms with Crippen molar-refractivity contribution in [1.82, 2.24) is 0 Å². The third-order valence-corrected chi connectivity index (χ3v) is 4.71. The lowest BCUT2D eigenvalue weighted by Gasteiger charge is -2.51. The summed E-state index contributed by atoms with van der Waals surface area (Å²) in [5.74, 6) is 1.81. The van der Waals surface area contributed by atoms with Gasteiger partial charge in [0.05, 0.1) is 5.60 Å². The second kappa shape index (κ2) is 6.06. The highest BCUT2D eigenvalue weighted by Crippen LogP contribution is 2.49. The third kappa shape index (κ3) is 3.06. The molecule has 0 spiro atoms. The zero-order chi connectivity index (χ0) is 13.9. The van der Waals surface area contributed by atoms with Gasteiger partial charge in [-0.05, 0) is 56.3 Å². The quantitative estimate of drug-likeness (QED) is 0.708. The fourth-order valence-corrected chi connectivity index (χ4v) is 3.93. The van der Waals surface area contributed by atoms with Crippen molar-refractivity contribution in [3.63, 3.8) is 0 Å². The smallest absolute Gasteiger partial charge is 0.0748 e. The number of allylic oxidation sites excluding steroid dienone is 1. The highest BCUT2D eigenvalue weighted by Gasteiger charge is 2.49. The molecule has 1 N–H and O–H groups in total. The van der Waals surface area contributed by atoms with Crippen LogP contribution in [0.2, 0.25) is 0 Å². The summed E-state index contributed by atoms with van der Waals surface area (Å²) in [5, 5.41) is 11.3. The Labute approximate surface area is 113 Å². The van der Waals surface area contributed by atoms with Gasteiger partial charge in [-0.3, -0.25) is 0 Å². The number of hydrogen-bond acceptors (Lipinski definition) is 1. The highest BCUT2D eigenvalue weighted by molar-refractivity contribution is 5.08. The van der Waals surface area contributed by atoms with E-state index in [1.54, 1.807) is 0 Å². The molecule has 0 heterocycles. The predicted molar refractivity (Wildman–Crippen MR) is 79.4 cm³/mol. The first-order valence-corrected chi connectivity index (χ1v) is 7.30. The summed E-state index contributed by atoms with van der Waals surface area (Å²) in [4.78, 5) is 0. The minimum atomic E-state index is -0.591. The van der Waals surface area contributed by atoms with Crippen molar-refractivity contribution >= 4 is 0 Å². The number of rotatable bonds is 5. The standard InChI is InChI=1S/C17H30O/c1-7-8-16-14(6)9-10-15(13(4)5)17(16,18)11-12(2)3/h7,13-16,18H,1-2,8-11H2,3-6H3. The molecule has 1 aliphatic carbocycles. The van der Waals surface area contributed by atoms with E-state index in [0.717, 1.165) is 24.8 Å². The Hall–Kier alpha value is -0.560. The van der Waals surface area contributed by atoms with Crippen molar-refractivity contribution in [3.05, 3.63) is 24.8 Å². The third-order valence-electron chi connectivity index (χ3n) is 4.71.